The van der Waals surface area contributed by atoms with E-state index in [9.17, 15) is 65.9 Å². The molecule has 0 spiro atoms. The Kier molecular flexibility index (Phi) is 14.3. The Morgan fingerprint density at radius 3 is 1.43 bits per heavy atom. The first kappa shape index (κ1) is 42.9. The van der Waals surface area contributed by atoms with Gasteiger partial charge >= 0.3 is 41.7 Å². The van der Waals surface area contributed by atoms with Crippen molar-refractivity contribution in [1.82, 2.24) is 0 Å². The molecule has 0 fully saturated rings. The molecule has 0 unspecified atom stereocenters. The van der Waals surface area contributed by atoms with Gasteiger partial charge in [-0.1, -0.05) is 58.0 Å². The molecular formula is C26H33ClF15OP. The Morgan fingerprint density at radius 2 is 1.02 bits per heavy atom. The van der Waals surface area contributed by atoms with Crippen LogP contribution in [-0.4, -0.2) is 73.4 Å². The second-order valence-corrected chi connectivity index (χ2v) is 15.5. The lowest BCUT2D eigenvalue weighted by molar-refractivity contribution is -0.453. The zero-order chi connectivity index (χ0) is 33.9. The van der Waals surface area contributed by atoms with E-state index in [4.69, 9.17) is 0 Å². The molecule has 0 aromatic heterocycles. The molecule has 44 heavy (non-hydrogen) atoms. The lowest BCUT2D eigenvalue weighted by Gasteiger charge is -2.41. The van der Waals surface area contributed by atoms with Gasteiger partial charge < -0.3 is 17.1 Å². The third-order valence-electron chi connectivity index (χ3n) is 6.46. The molecule has 0 saturated heterocycles. The van der Waals surface area contributed by atoms with Crippen LogP contribution in [0.2, 0.25) is 0 Å². The summed E-state index contributed by atoms with van der Waals surface area (Å²) in [6, 6.07) is 9.15. The number of rotatable bonds is 17. The Hall–Kier alpha value is -1.15. The predicted molar refractivity (Wildman–Crippen MR) is 133 cm³/mol. The van der Waals surface area contributed by atoms with Gasteiger partial charge in [-0.3, -0.25) is 0 Å². The van der Waals surface area contributed by atoms with Gasteiger partial charge in [-0.15, -0.1) is 0 Å². The van der Waals surface area contributed by atoms with Crippen molar-refractivity contribution in [3.63, 3.8) is 0 Å². The third-order valence-corrected chi connectivity index (χ3v) is 11.8. The quantitative estimate of drug-likeness (QED) is 0.0937. The van der Waals surface area contributed by atoms with Crippen LogP contribution in [0.25, 0.3) is 0 Å². The summed E-state index contributed by atoms with van der Waals surface area (Å²) in [5.74, 6) is -46.2. The molecule has 1 nitrogen and oxygen atoms in total. The second-order valence-electron chi connectivity index (χ2n) is 11.3. The molecule has 0 radical (unpaired) electrons. The summed E-state index contributed by atoms with van der Waals surface area (Å²) in [6.45, 7) is 4.26. The number of hydrogen-bond acceptors (Lipinski definition) is 1. The Morgan fingerprint density at radius 1 is 0.614 bits per heavy atom. The highest BCUT2D eigenvalue weighted by atomic mass is 35.5. The zero-order valence-corrected chi connectivity index (χ0v) is 25.5. The standard InChI is InChI=1S/C26H33F15OP.ClH/c1-17(2)13-43(14-18(3)4,15-19-9-6-5-7-10-19)12-8-11-42-16-20(27,28)21(29,30)22(31,32)23(33,34)24(35,36)25(37,38)26(39,40)41;/h5-7,9-10,17-18H,8,11-16H2,1-4H3;1H/q+1;/p-1. The fourth-order valence-electron chi connectivity index (χ4n) is 4.78. The molecule has 0 amide bonds. The van der Waals surface area contributed by atoms with Gasteiger partial charge in [0.25, 0.3) is 0 Å². The first-order valence-corrected chi connectivity index (χ1v) is 15.5. The molecule has 1 aromatic carbocycles. The van der Waals surface area contributed by atoms with Gasteiger partial charge in [0, 0.05) is 13.7 Å². The summed E-state index contributed by atoms with van der Waals surface area (Å²) in [5.41, 5.74) is 0.972. The van der Waals surface area contributed by atoms with Crippen LogP contribution in [0.15, 0.2) is 30.3 Å². The van der Waals surface area contributed by atoms with Crippen molar-refractivity contribution in [2.45, 2.75) is 82.0 Å². The summed E-state index contributed by atoms with van der Waals surface area (Å²) >= 11 is 0. The minimum absolute atomic E-state index is 0. The summed E-state index contributed by atoms with van der Waals surface area (Å²) in [5, 5.41) is 0. The molecule has 0 aliphatic rings. The zero-order valence-electron chi connectivity index (χ0n) is 23.9. The Labute approximate surface area is 252 Å². The SMILES string of the molecule is CC(C)C[P+](CCCOCC(F)(F)C(F)(F)C(F)(F)C(F)(F)C(F)(F)C(F)(F)C(F)(F)F)(Cc1ccccc1)CC(C)C.[Cl-]. The summed E-state index contributed by atoms with van der Waals surface area (Å²) in [4.78, 5) is 0. The van der Waals surface area contributed by atoms with E-state index in [1.807, 2.05) is 39.8 Å². The van der Waals surface area contributed by atoms with E-state index >= 15 is 0 Å². The Bertz CT molecular complexity index is 1000. The van der Waals surface area contributed by atoms with Crippen LogP contribution < -0.4 is 12.4 Å². The molecule has 18 heteroatoms. The lowest BCUT2D eigenvalue weighted by Crippen LogP contribution is -3.00. The van der Waals surface area contributed by atoms with E-state index in [1.165, 1.54) is 0 Å². The van der Waals surface area contributed by atoms with Gasteiger partial charge in [0.2, 0.25) is 0 Å². The maximum Gasteiger partial charge on any atom is 0.460 e. The number of alkyl halides is 15. The fraction of sp³-hybridized carbons (Fsp3) is 0.769. The molecule has 0 heterocycles. The topological polar surface area (TPSA) is 9.23 Å². The van der Waals surface area contributed by atoms with Crippen molar-refractivity contribution in [3.05, 3.63) is 35.9 Å². The van der Waals surface area contributed by atoms with E-state index in [2.05, 4.69) is 4.74 Å². The molecule has 0 aliphatic heterocycles. The summed E-state index contributed by atoms with van der Waals surface area (Å²) in [6.07, 6.45) is -5.27. The minimum atomic E-state index is -8.29. The Balaban J connectivity index is 0.0000185. The molecule has 0 atom stereocenters. The van der Waals surface area contributed by atoms with Crippen LogP contribution in [-0.2, 0) is 10.9 Å². The van der Waals surface area contributed by atoms with Crippen LogP contribution in [0, 0.1) is 11.8 Å². The van der Waals surface area contributed by atoms with Gasteiger partial charge in [-0.2, -0.15) is 65.9 Å². The number of ether oxygens (including phenoxy) is 1. The molecule has 0 aliphatic carbocycles. The number of hydrogen-bond donors (Lipinski definition) is 0. The van der Waals surface area contributed by atoms with Crippen molar-refractivity contribution in [2.24, 2.45) is 11.8 Å². The first-order valence-electron chi connectivity index (χ1n) is 12.9. The molecule has 1 aromatic rings. The molecule has 0 N–H and O–H groups in total. The van der Waals surface area contributed by atoms with E-state index in [0.717, 1.165) is 17.9 Å². The van der Waals surface area contributed by atoms with Gasteiger partial charge in [-0.05, 0) is 17.4 Å². The van der Waals surface area contributed by atoms with Crippen LogP contribution in [0.3, 0.4) is 0 Å². The van der Waals surface area contributed by atoms with Crippen LogP contribution in [0.5, 0.6) is 0 Å². The predicted octanol–water partition coefficient (Wildman–Crippen LogP) is 7.30. The highest BCUT2D eigenvalue weighted by Crippen LogP contribution is 2.64. The largest absolute Gasteiger partial charge is 1.00 e. The van der Waals surface area contributed by atoms with Gasteiger partial charge in [0.1, 0.15) is 6.61 Å². The van der Waals surface area contributed by atoms with Crippen LogP contribution in [0.1, 0.15) is 39.7 Å². The minimum Gasteiger partial charge on any atom is -1.00 e. The molecule has 1 rings (SSSR count). The maximum absolute atomic E-state index is 14.1. The highest BCUT2D eigenvalue weighted by molar-refractivity contribution is 7.75. The number of halogens is 16. The number of benzene rings is 1. The first-order chi connectivity index (χ1) is 19.1. The van der Waals surface area contributed by atoms with Gasteiger partial charge in [-0.25, -0.2) is 0 Å². The summed E-state index contributed by atoms with van der Waals surface area (Å²) < 4.78 is 205. The average Bonchev–Trinajstić information content (AvgIpc) is 2.82. The second kappa shape index (κ2) is 14.7. The van der Waals surface area contributed by atoms with Crippen molar-refractivity contribution < 1.29 is 83.0 Å². The van der Waals surface area contributed by atoms with Crippen LogP contribution >= 0.6 is 7.26 Å². The van der Waals surface area contributed by atoms with Crippen molar-refractivity contribution in [3.8, 4) is 0 Å². The molecule has 0 bridgehead atoms. The smallest absolute Gasteiger partial charge is 0.460 e. The fourth-order valence-corrected chi connectivity index (χ4v) is 10.6. The normalized spacial score (nSPS) is 14.8. The summed E-state index contributed by atoms with van der Waals surface area (Å²) in [7, 11) is -1.92. The average molecular weight is 713 g/mol. The van der Waals surface area contributed by atoms with E-state index in [0.29, 0.717) is 12.3 Å². The van der Waals surface area contributed by atoms with E-state index in [1.54, 1.807) is 18.2 Å². The third kappa shape index (κ3) is 8.80. The van der Waals surface area contributed by atoms with Gasteiger partial charge in [0.15, 0.2) is 0 Å². The molecule has 0 saturated carbocycles. The van der Waals surface area contributed by atoms with E-state index < -0.39 is 62.2 Å². The maximum atomic E-state index is 14.1. The van der Waals surface area contributed by atoms with Crippen molar-refractivity contribution in [2.75, 3.05) is 31.7 Å². The van der Waals surface area contributed by atoms with Crippen molar-refractivity contribution in [1.29, 1.82) is 0 Å². The monoisotopic (exact) mass is 712 g/mol. The highest BCUT2D eigenvalue weighted by Gasteiger charge is 2.93. The van der Waals surface area contributed by atoms with Crippen molar-refractivity contribution >= 4 is 7.26 Å². The molecular weight excluding hydrogens is 680 g/mol. The van der Waals surface area contributed by atoms with E-state index in [-0.39, 0.29) is 30.7 Å². The van der Waals surface area contributed by atoms with Gasteiger partial charge in [0.05, 0.1) is 31.3 Å². The lowest BCUT2D eigenvalue weighted by atomic mass is 9.91. The molecule has 260 valence electrons. The van der Waals surface area contributed by atoms with Crippen LogP contribution in [0.4, 0.5) is 65.9 Å².